The van der Waals surface area contributed by atoms with Crippen molar-refractivity contribution in [2.24, 2.45) is 4.99 Å². The number of benzene rings is 3. The lowest BCUT2D eigenvalue weighted by molar-refractivity contribution is -0.138. The third-order valence-electron chi connectivity index (χ3n) is 6.39. The Bertz CT molecular complexity index is 1340. The lowest BCUT2D eigenvalue weighted by Crippen LogP contribution is -2.55. The van der Waals surface area contributed by atoms with Crippen molar-refractivity contribution in [2.45, 2.75) is 19.1 Å². The molecule has 3 aromatic rings. The number of para-hydroxylation sites is 3. The number of piperazine rings is 1. The molecular weight excluding hydrogens is 471 g/mol. The molecule has 1 atom stereocenters. The van der Waals surface area contributed by atoms with Crippen molar-refractivity contribution in [3.05, 3.63) is 83.4 Å². The summed E-state index contributed by atoms with van der Waals surface area (Å²) in [5.74, 6) is 1.71. The summed E-state index contributed by atoms with van der Waals surface area (Å²) in [6.07, 6.45) is -4.61. The van der Waals surface area contributed by atoms with E-state index in [9.17, 15) is 18.0 Å². The van der Waals surface area contributed by atoms with Gasteiger partial charge in [0.15, 0.2) is 17.2 Å². The molecule has 2 aliphatic heterocycles. The lowest BCUT2D eigenvalue weighted by atomic mass is 10.0. The average Bonchev–Trinajstić information content (AvgIpc) is 3.04. The highest BCUT2D eigenvalue weighted by atomic mass is 19.4. The first-order chi connectivity index (χ1) is 17.3. The number of methoxy groups -OCH3 is 1. The van der Waals surface area contributed by atoms with E-state index >= 15 is 0 Å². The first-order valence-corrected chi connectivity index (χ1v) is 11.5. The Morgan fingerprint density at radius 1 is 1.03 bits per heavy atom. The van der Waals surface area contributed by atoms with Crippen molar-refractivity contribution < 1.29 is 27.4 Å². The predicted molar refractivity (Wildman–Crippen MR) is 129 cm³/mol. The fraction of sp³-hybridized carbons (Fsp3) is 0.259. The van der Waals surface area contributed by atoms with Crippen molar-refractivity contribution in [1.29, 1.82) is 0 Å². The molecule has 2 heterocycles. The monoisotopic (exact) mass is 495 g/mol. The van der Waals surface area contributed by atoms with E-state index in [2.05, 4.69) is 0 Å². The summed E-state index contributed by atoms with van der Waals surface area (Å²) in [6.45, 7) is 2.85. The van der Waals surface area contributed by atoms with E-state index in [0.29, 0.717) is 41.9 Å². The SMILES string of the molecule is COc1cccc2c1Oc1ccccc1N=C2N1CCN(C(=O)c2ccccc2C(F)(F)F)C(C)C1. The quantitative estimate of drug-likeness (QED) is 0.455. The maximum Gasteiger partial charge on any atom is 0.417 e. The molecule has 0 saturated carbocycles. The summed E-state index contributed by atoms with van der Waals surface area (Å²) in [5.41, 5.74) is 0.123. The molecule has 1 amide bonds. The zero-order valence-electron chi connectivity index (χ0n) is 19.7. The number of nitrogens with zero attached hydrogens (tertiary/aromatic N) is 3. The standard InChI is InChI=1S/C27H24F3N3O3/c1-17-16-32(14-15-33(17)26(34)18-8-3-4-10-20(18)27(28,29)30)25-19-9-7-13-23(35-2)24(19)36-22-12-6-5-11-21(22)31-25/h3-13,17H,14-16H2,1-2H3. The van der Waals surface area contributed by atoms with E-state index in [1.165, 1.54) is 23.1 Å². The minimum atomic E-state index is -4.61. The second kappa shape index (κ2) is 9.22. The van der Waals surface area contributed by atoms with Crippen LogP contribution in [0, 0.1) is 0 Å². The van der Waals surface area contributed by atoms with Crippen molar-refractivity contribution in [3.8, 4) is 17.2 Å². The van der Waals surface area contributed by atoms with Gasteiger partial charge in [0.25, 0.3) is 5.91 Å². The van der Waals surface area contributed by atoms with Crippen LogP contribution in [0.4, 0.5) is 18.9 Å². The van der Waals surface area contributed by atoms with Crippen LogP contribution >= 0.6 is 0 Å². The van der Waals surface area contributed by atoms with Crippen LogP contribution in [0.15, 0.2) is 71.7 Å². The van der Waals surface area contributed by atoms with Crippen molar-refractivity contribution >= 4 is 17.4 Å². The summed E-state index contributed by atoms with van der Waals surface area (Å²) in [7, 11) is 1.57. The van der Waals surface area contributed by atoms with Crippen LogP contribution in [0.2, 0.25) is 0 Å². The highest BCUT2D eigenvalue weighted by Crippen LogP contribution is 2.43. The van der Waals surface area contributed by atoms with Crippen LogP contribution in [-0.2, 0) is 6.18 Å². The second-order valence-corrected chi connectivity index (χ2v) is 8.68. The molecule has 1 unspecified atom stereocenters. The van der Waals surface area contributed by atoms with Crippen LogP contribution in [0.1, 0.15) is 28.4 Å². The first kappa shape index (κ1) is 23.7. The van der Waals surface area contributed by atoms with E-state index in [-0.39, 0.29) is 18.2 Å². The van der Waals surface area contributed by atoms with Gasteiger partial charge in [-0.2, -0.15) is 13.2 Å². The van der Waals surface area contributed by atoms with Gasteiger partial charge in [0.2, 0.25) is 0 Å². The first-order valence-electron chi connectivity index (χ1n) is 11.5. The molecule has 0 aliphatic carbocycles. The Labute approximate surface area is 206 Å². The number of halogens is 3. The molecule has 1 saturated heterocycles. The van der Waals surface area contributed by atoms with Gasteiger partial charge in [-0.3, -0.25) is 4.79 Å². The fourth-order valence-corrected chi connectivity index (χ4v) is 4.64. The molecule has 2 aliphatic rings. The number of hydrogen-bond donors (Lipinski definition) is 0. The van der Waals surface area contributed by atoms with E-state index < -0.39 is 17.6 Å². The number of ether oxygens (including phenoxy) is 2. The van der Waals surface area contributed by atoms with Gasteiger partial charge in [-0.15, -0.1) is 0 Å². The molecule has 3 aromatic carbocycles. The molecule has 6 nitrogen and oxygen atoms in total. The van der Waals surface area contributed by atoms with Gasteiger partial charge in [-0.1, -0.05) is 30.3 Å². The van der Waals surface area contributed by atoms with E-state index in [0.717, 1.165) is 11.6 Å². The number of aliphatic imine (C=N–C) groups is 1. The van der Waals surface area contributed by atoms with Crippen LogP contribution in [0.25, 0.3) is 0 Å². The zero-order chi connectivity index (χ0) is 25.4. The smallest absolute Gasteiger partial charge is 0.417 e. The minimum Gasteiger partial charge on any atom is -0.493 e. The normalized spacial score (nSPS) is 17.4. The highest BCUT2D eigenvalue weighted by Gasteiger charge is 2.38. The third-order valence-corrected chi connectivity index (χ3v) is 6.39. The zero-order valence-corrected chi connectivity index (χ0v) is 19.7. The summed E-state index contributed by atoms with van der Waals surface area (Å²) >= 11 is 0. The van der Waals surface area contributed by atoms with Crippen LogP contribution < -0.4 is 9.47 Å². The molecule has 0 N–H and O–H groups in total. The number of carbonyl (C=O) groups excluding carboxylic acids is 1. The summed E-state index contributed by atoms with van der Waals surface area (Å²) < 4.78 is 52.3. The number of hydrogen-bond acceptors (Lipinski definition) is 5. The molecule has 0 aromatic heterocycles. The number of rotatable bonds is 2. The Morgan fingerprint density at radius 2 is 1.78 bits per heavy atom. The van der Waals surface area contributed by atoms with Crippen LogP contribution in [0.3, 0.4) is 0 Å². The highest BCUT2D eigenvalue weighted by molar-refractivity contribution is 6.04. The third kappa shape index (κ3) is 4.25. The summed E-state index contributed by atoms with van der Waals surface area (Å²) in [6, 6.07) is 17.5. The van der Waals surface area contributed by atoms with Gasteiger partial charge >= 0.3 is 6.18 Å². The molecule has 0 radical (unpaired) electrons. The summed E-state index contributed by atoms with van der Waals surface area (Å²) in [5, 5.41) is 0. The van der Waals surface area contributed by atoms with Gasteiger partial charge in [0.05, 0.1) is 23.8 Å². The van der Waals surface area contributed by atoms with Crippen molar-refractivity contribution in [3.63, 3.8) is 0 Å². The Hall–Kier alpha value is -4.01. The Kier molecular flexibility index (Phi) is 6.07. The van der Waals surface area contributed by atoms with Gasteiger partial charge in [0.1, 0.15) is 11.5 Å². The number of fused-ring (bicyclic) bond motifs is 2. The molecule has 186 valence electrons. The predicted octanol–water partition coefficient (Wildman–Crippen LogP) is 5.74. The van der Waals surface area contributed by atoms with E-state index in [1.807, 2.05) is 54.3 Å². The Morgan fingerprint density at radius 3 is 2.53 bits per heavy atom. The molecule has 0 spiro atoms. The maximum absolute atomic E-state index is 13.5. The molecule has 36 heavy (non-hydrogen) atoms. The number of amidine groups is 1. The van der Waals surface area contributed by atoms with Crippen LogP contribution in [0.5, 0.6) is 17.2 Å². The largest absolute Gasteiger partial charge is 0.493 e. The molecule has 0 bridgehead atoms. The van der Waals surface area contributed by atoms with Gasteiger partial charge in [-0.25, -0.2) is 4.99 Å². The van der Waals surface area contributed by atoms with E-state index in [1.54, 1.807) is 7.11 Å². The fourth-order valence-electron chi connectivity index (χ4n) is 4.64. The molecule has 9 heteroatoms. The molecule has 5 rings (SSSR count). The molecular formula is C27H24F3N3O3. The van der Waals surface area contributed by atoms with Crippen molar-refractivity contribution in [1.82, 2.24) is 9.80 Å². The van der Waals surface area contributed by atoms with Crippen molar-refractivity contribution in [2.75, 3.05) is 26.7 Å². The minimum absolute atomic E-state index is 0.243. The Balaban J connectivity index is 1.47. The maximum atomic E-state index is 13.5. The second-order valence-electron chi connectivity index (χ2n) is 8.68. The van der Waals surface area contributed by atoms with Gasteiger partial charge in [0, 0.05) is 25.7 Å². The van der Waals surface area contributed by atoms with Gasteiger partial charge in [-0.05, 0) is 43.3 Å². The number of alkyl halides is 3. The van der Waals surface area contributed by atoms with Gasteiger partial charge < -0.3 is 19.3 Å². The van der Waals surface area contributed by atoms with E-state index in [4.69, 9.17) is 14.5 Å². The average molecular weight is 496 g/mol. The molecule has 1 fully saturated rings. The summed E-state index contributed by atoms with van der Waals surface area (Å²) in [4.78, 5) is 21.6. The topological polar surface area (TPSA) is 54.4 Å². The number of amides is 1. The number of carbonyl (C=O) groups is 1. The van der Waals surface area contributed by atoms with Crippen LogP contribution in [-0.4, -0.2) is 54.3 Å². The lowest BCUT2D eigenvalue weighted by Gasteiger charge is -2.41.